The molecule has 0 bridgehead atoms. The van der Waals surface area contributed by atoms with Crippen molar-refractivity contribution >= 4 is 12.6 Å². The second-order valence-electron chi connectivity index (χ2n) is 8.09. The molecule has 1 heterocycles. The first-order chi connectivity index (χ1) is 15.5. The Balaban J connectivity index is 1.80. The largest absolute Gasteiger partial charge is 0.494 e. The zero-order valence-corrected chi connectivity index (χ0v) is 18.0. The molecule has 1 fully saturated rings. The summed E-state index contributed by atoms with van der Waals surface area (Å²) in [7, 11) is -1.15. The summed E-state index contributed by atoms with van der Waals surface area (Å²) >= 11 is 0. The van der Waals surface area contributed by atoms with Crippen molar-refractivity contribution in [3.8, 4) is 5.75 Å². The average molecular weight is 478 g/mol. The summed E-state index contributed by atoms with van der Waals surface area (Å²) in [6.45, 7) is 4.59. The van der Waals surface area contributed by atoms with Crippen molar-refractivity contribution in [3.05, 3.63) is 58.9 Å². The summed E-state index contributed by atoms with van der Waals surface area (Å²) in [4.78, 5) is 0. The molecule has 11 heteroatoms. The molecule has 0 atom stereocenters. The molecule has 33 heavy (non-hydrogen) atoms. The highest BCUT2D eigenvalue weighted by atomic mass is 19.3. The maximum atomic E-state index is 14.6. The minimum Gasteiger partial charge on any atom is -0.429 e. The van der Waals surface area contributed by atoms with Gasteiger partial charge in [0, 0.05) is 30.8 Å². The van der Waals surface area contributed by atoms with Gasteiger partial charge in [0.2, 0.25) is 0 Å². The zero-order valence-electron chi connectivity index (χ0n) is 18.0. The van der Waals surface area contributed by atoms with Crippen LogP contribution in [0.15, 0.2) is 24.3 Å². The van der Waals surface area contributed by atoms with Gasteiger partial charge in [0.25, 0.3) is 0 Å². The molecule has 0 amide bonds. The van der Waals surface area contributed by atoms with Gasteiger partial charge in [0.05, 0.1) is 0 Å². The SMILES string of the molecule is CCCCC1(CC)COB(c2cc(F)c(C(F)(F)Oc3cc(F)c(F)c(F)c3)c(F)c2)OC1. The Hall–Kier alpha value is -2.27. The molecule has 0 radical (unpaired) electrons. The number of alkyl halides is 2. The highest BCUT2D eigenvalue weighted by Gasteiger charge is 2.44. The fourth-order valence-electron chi connectivity index (χ4n) is 3.66. The van der Waals surface area contributed by atoms with Crippen LogP contribution in [0, 0.1) is 34.5 Å². The first-order valence-corrected chi connectivity index (χ1v) is 10.5. The van der Waals surface area contributed by atoms with Crippen molar-refractivity contribution < 1.29 is 44.8 Å². The van der Waals surface area contributed by atoms with Crippen LogP contribution in [0.25, 0.3) is 0 Å². The Morgan fingerprint density at radius 1 is 0.909 bits per heavy atom. The van der Waals surface area contributed by atoms with Crippen LogP contribution in [-0.2, 0) is 15.4 Å². The minimum absolute atomic E-state index is 0.138. The molecule has 3 rings (SSSR count). The summed E-state index contributed by atoms with van der Waals surface area (Å²) in [6, 6.07) is 1.52. The van der Waals surface area contributed by atoms with Crippen molar-refractivity contribution in [1.29, 1.82) is 0 Å². The predicted octanol–water partition coefficient (Wildman–Crippen LogP) is 5.84. The second-order valence-corrected chi connectivity index (χ2v) is 8.09. The average Bonchev–Trinajstić information content (AvgIpc) is 2.75. The number of unbranched alkanes of at least 4 members (excludes halogenated alkanes) is 1. The van der Waals surface area contributed by atoms with Gasteiger partial charge in [0.1, 0.15) is 22.9 Å². The van der Waals surface area contributed by atoms with Gasteiger partial charge in [-0.15, -0.1) is 0 Å². The summed E-state index contributed by atoms with van der Waals surface area (Å²) < 4.78 is 113. The highest BCUT2D eigenvalue weighted by Crippen LogP contribution is 2.36. The van der Waals surface area contributed by atoms with Crippen molar-refractivity contribution in [1.82, 2.24) is 0 Å². The molecule has 3 nitrogen and oxygen atoms in total. The Kier molecular flexibility index (Phi) is 7.63. The van der Waals surface area contributed by atoms with Gasteiger partial charge < -0.3 is 14.0 Å². The summed E-state index contributed by atoms with van der Waals surface area (Å²) in [5.74, 6) is -10.0. The fourth-order valence-corrected chi connectivity index (χ4v) is 3.66. The molecular formula is C22H22BF7O3. The standard InChI is InChI=1S/C22H22BF7O3/c1-3-5-6-21(4-2)11-31-23(32-12-21)13-7-15(24)19(16(25)8-13)22(29,30)33-14-9-17(26)20(28)18(27)10-14/h7-10H,3-6,11-12H2,1-2H3. The monoisotopic (exact) mass is 478 g/mol. The van der Waals surface area contributed by atoms with E-state index in [0.29, 0.717) is 12.1 Å². The highest BCUT2D eigenvalue weighted by molar-refractivity contribution is 6.61. The topological polar surface area (TPSA) is 27.7 Å². The van der Waals surface area contributed by atoms with Crippen LogP contribution in [0.1, 0.15) is 45.1 Å². The van der Waals surface area contributed by atoms with E-state index >= 15 is 0 Å². The van der Waals surface area contributed by atoms with Crippen LogP contribution in [0.5, 0.6) is 5.75 Å². The fraction of sp³-hybridized carbons (Fsp3) is 0.455. The van der Waals surface area contributed by atoms with E-state index in [9.17, 15) is 30.7 Å². The first-order valence-electron chi connectivity index (χ1n) is 10.5. The molecule has 2 aromatic rings. The number of hydrogen-bond acceptors (Lipinski definition) is 3. The van der Waals surface area contributed by atoms with E-state index in [1.807, 2.05) is 13.8 Å². The summed E-state index contributed by atoms with van der Waals surface area (Å²) in [5, 5.41) is 0. The van der Waals surface area contributed by atoms with Gasteiger partial charge in [-0.2, -0.15) is 8.78 Å². The van der Waals surface area contributed by atoms with Crippen LogP contribution < -0.4 is 10.2 Å². The second kappa shape index (κ2) is 9.93. The maximum absolute atomic E-state index is 14.6. The van der Waals surface area contributed by atoms with Crippen LogP contribution in [0.3, 0.4) is 0 Å². The van der Waals surface area contributed by atoms with Crippen LogP contribution >= 0.6 is 0 Å². The van der Waals surface area contributed by atoms with E-state index in [1.165, 1.54) is 0 Å². The van der Waals surface area contributed by atoms with E-state index in [0.717, 1.165) is 25.7 Å². The van der Waals surface area contributed by atoms with Gasteiger partial charge in [-0.3, -0.25) is 0 Å². The van der Waals surface area contributed by atoms with E-state index < -0.39 is 53.6 Å². The molecule has 1 saturated heterocycles. The van der Waals surface area contributed by atoms with Crippen molar-refractivity contribution in [2.24, 2.45) is 5.41 Å². The van der Waals surface area contributed by atoms with E-state index in [1.54, 1.807) is 0 Å². The molecule has 1 aliphatic heterocycles. The number of halogens is 7. The quantitative estimate of drug-likeness (QED) is 0.271. The van der Waals surface area contributed by atoms with Gasteiger partial charge in [0.15, 0.2) is 17.5 Å². The maximum Gasteiger partial charge on any atom is 0.494 e. The van der Waals surface area contributed by atoms with Crippen LogP contribution in [-0.4, -0.2) is 20.3 Å². The minimum atomic E-state index is -4.66. The number of hydrogen-bond donors (Lipinski definition) is 0. The normalized spacial score (nSPS) is 16.2. The van der Waals surface area contributed by atoms with Crippen LogP contribution in [0.4, 0.5) is 30.7 Å². The predicted molar refractivity (Wildman–Crippen MR) is 107 cm³/mol. The third-order valence-corrected chi connectivity index (χ3v) is 5.72. The van der Waals surface area contributed by atoms with Crippen LogP contribution in [0.2, 0.25) is 0 Å². The number of rotatable bonds is 8. The Bertz CT molecular complexity index is 948. The number of benzene rings is 2. The molecule has 2 aromatic carbocycles. The Labute approximate surface area is 187 Å². The molecule has 0 aromatic heterocycles. The van der Waals surface area contributed by atoms with Gasteiger partial charge in [-0.1, -0.05) is 26.7 Å². The van der Waals surface area contributed by atoms with Crippen molar-refractivity contribution in [2.75, 3.05) is 13.2 Å². The van der Waals surface area contributed by atoms with Gasteiger partial charge in [-0.25, -0.2) is 22.0 Å². The van der Waals surface area contributed by atoms with E-state index in [-0.39, 0.29) is 36.2 Å². The lowest BCUT2D eigenvalue weighted by molar-refractivity contribution is -0.189. The number of ether oxygens (including phenoxy) is 1. The van der Waals surface area contributed by atoms with E-state index in [4.69, 9.17) is 9.31 Å². The zero-order chi connectivity index (χ0) is 24.4. The summed E-state index contributed by atoms with van der Waals surface area (Å²) in [6.07, 6.45) is -1.09. The van der Waals surface area contributed by atoms with E-state index in [2.05, 4.69) is 4.74 Å². The molecule has 0 saturated carbocycles. The smallest absolute Gasteiger partial charge is 0.429 e. The molecule has 0 aliphatic carbocycles. The first kappa shape index (κ1) is 25.4. The van der Waals surface area contributed by atoms with Gasteiger partial charge in [-0.05, 0) is 30.4 Å². The molecule has 180 valence electrons. The Morgan fingerprint density at radius 3 is 1.94 bits per heavy atom. The van der Waals surface area contributed by atoms with Crippen molar-refractivity contribution in [3.63, 3.8) is 0 Å². The third-order valence-electron chi connectivity index (χ3n) is 5.72. The van der Waals surface area contributed by atoms with Crippen molar-refractivity contribution in [2.45, 2.75) is 45.6 Å². The lowest BCUT2D eigenvalue weighted by Gasteiger charge is -2.39. The Morgan fingerprint density at radius 2 is 1.45 bits per heavy atom. The third kappa shape index (κ3) is 5.46. The van der Waals surface area contributed by atoms with Gasteiger partial charge >= 0.3 is 13.2 Å². The molecule has 0 spiro atoms. The molecule has 0 N–H and O–H groups in total. The molecular weight excluding hydrogens is 456 g/mol. The molecule has 1 aliphatic rings. The lowest BCUT2D eigenvalue weighted by Crippen LogP contribution is -2.49. The lowest BCUT2D eigenvalue weighted by atomic mass is 9.73. The summed E-state index contributed by atoms with van der Waals surface area (Å²) in [5.41, 5.74) is -2.16. The molecule has 0 unspecified atom stereocenters.